The monoisotopic (exact) mass is 163 g/mol. The fourth-order valence-corrected chi connectivity index (χ4v) is 1.29. The van der Waals surface area contributed by atoms with E-state index in [1.807, 2.05) is 32.0 Å². The molecule has 1 radical (unpaired) electrons. The van der Waals surface area contributed by atoms with Gasteiger partial charge in [0.15, 0.2) is 11.5 Å². The Kier molecular flexibility index (Phi) is 1.34. The van der Waals surface area contributed by atoms with Crippen LogP contribution in [0.2, 0.25) is 0 Å². The van der Waals surface area contributed by atoms with E-state index in [1.54, 1.807) is 0 Å². The van der Waals surface area contributed by atoms with Crippen molar-refractivity contribution in [3.63, 3.8) is 0 Å². The van der Waals surface area contributed by atoms with E-state index in [0.29, 0.717) is 0 Å². The summed E-state index contributed by atoms with van der Waals surface area (Å²) in [6.07, 6.45) is 0. The Hall–Kier alpha value is -1.18. The highest BCUT2D eigenvalue weighted by atomic mass is 16.7. The van der Waals surface area contributed by atoms with Crippen molar-refractivity contribution in [2.75, 3.05) is 0 Å². The smallest absolute Gasteiger partial charge is 0.246 e. The number of fused-ring (bicyclic) bond motifs is 1. The Labute approximate surface area is 72.1 Å². The summed E-state index contributed by atoms with van der Waals surface area (Å²) >= 11 is 0. The van der Waals surface area contributed by atoms with Gasteiger partial charge in [-0.15, -0.1) is 0 Å². The van der Waals surface area contributed by atoms with E-state index in [-0.39, 0.29) is 0 Å². The van der Waals surface area contributed by atoms with Crippen LogP contribution in [0.5, 0.6) is 11.5 Å². The second-order valence-electron chi connectivity index (χ2n) is 3.35. The number of benzene rings is 1. The first kappa shape index (κ1) is 7.47. The molecule has 0 unspecified atom stereocenters. The molecule has 0 aromatic heterocycles. The highest BCUT2D eigenvalue weighted by molar-refractivity contribution is 5.50. The summed E-state index contributed by atoms with van der Waals surface area (Å²) in [5, 5.41) is 0. The molecule has 0 saturated heterocycles. The molecule has 12 heavy (non-hydrogen) atoms. The SMILES string of the molecule is [CH2]c1cccc2c1OC(C)(C)O2. The predicted octanol–water partition coefficient (Wildman–Crippen LogP) is 2.38. The lowest BCUT2D eigenvalue weighted by Gasteiger charge is -2.16. The molecular formula is C10H11O2. The van der Waals surface area contributed by atoms with Gasteiger partial charge in [-0.2, -0.15) is 0 Å². The van der Waals surface area contributed by atoms with E-state index in [4.69, 9.17) is 9.47 Å². The Bertz CT molecular complexity index is 316. The summed E-state index contributed by atoms with van der Waals surface area (Å²) in [4.78, 5) is 0. The maximum atomic E-state index is 5.54. The van der Waals surface area contributed by atoms with Crippen molar-refractivity contribution in [3.05, 3.63) is 30.7 Å². The molecule has 1 heterocycles. The van der Waals surface area contributed by atoms with Crippen LogP contribution in [0.1, 0.15) is 19.4 Å². The lowest BCUT2D eigenvalue weighted by Crippen LogP contribution is -2.29. The van der Waals surface area contributed by atoms with E-state index < -0.39 is 5.79 Å². The summed E-state index contributed by atoms with van der Waals surface area (Å²) in [6, 6.07) is 5.70. The number of hydrogen-bond acceptors (Lipinski definition) is 2. The Balaban J connectivity index is 2.48. The zero-order valence-electron chi connectivity index (χ0n) is 7.26. The molecule has 1 aromatic rings. The first-order valence-electron chi connectivity index (χ1n) is 3.91. The van der Waals surface area contributed by atoms with Crippen LogP contribution in [0.15, 0.2) is 18.2 Å². The van der Waals surface area contributed by atoms with Crippen LogP contribution in [0.3, 0.4) is 0 Å². The van der Waals surface area contributed by atoms with Crippen LogP contribution >= 0.6 is 0 Å². The number of para-hydroxylation sites is 1. The third kappa shape index (κ3) is 1.04. The largest absolute Gasteiger partial charge is 0.449 e. The summed E-state index contributed by atoms with van der Waals surface area (Å²) in [5.74, 6) is 1.01. The molecule has 0 N–H and O–H groups in total. The molecule has 0 spiro atoms. The summed E-state index contributed by atoms with van der Waals surface area (Å²) in [5.41, 5.74) is 0.873. The highest BCUT2D eigenvalue weighted by Gasteiger charge is 2.32. The predicted molar refractivity (Wildman–Crippen MR) is 46.2 cm³/mol. The number of rotatable bonds is 0. The molecule has 1 aliphatic rings. The summed E-state index contributed by atoms with van der Waals surface area (Å²) in [7, 11) is 0. The lowest BCUT2D eigenvalue weighted by atomic mass is 10.2. The molecule has 0 fully saturated rings. The van der Waals surface area contributed by atoms with Crippen molar-refractivity contribution in [2.45, 2.75) is 19.6 Å². The average Bonchev–Trinajstić information content (AvgIpc) is 2.25. The van der Waals surface area contributed by atoms with E-state index in [1.165, 1.54) is 0 Å². The van der Waals surface area contributed by atoms with E-state index in [9.17, 15) is 0 Å². The standard InChI is InChI=1S/C10H11O2/c1-7-5-4-6-8-9(7)12-10(2,3)11-8/h4-6H,1H2,2-3H3. The molecule has 2 rings (SSSR count). The molecule has 2 heteroatoms. The first-order valence-corrected chi connectivity index (χ1v) is 3.91. The van der Waals surface area contributed by atoms with Gasteiger partial charge in [0.25, 0.3) is 0 Å². The fourth-order valence-electron chi connectivity index (χ4n) is 1.29. The molecule has 0 aliphatic carbocycles. The van der Waals surface area contributed by atoms with E-state index in [2.05, 4.69) is 6.92 Å². The van der Waals surface area contributed by atoms with Crippen LogP contribution in [0, 0.1) is 6.92 Å². The molecule has 1 aliphatic heterocycles. The van der Waals surface area contributed by atoms with Crippen molar-refractivity contribution in [2.24, 2.45) is 0 Å². The zero-order valence-corrected chi connectivity index (χ0v) is 7.26. The quantitative estimate of drug-likeness (QED) is 0.584. The van der Waals surface area contributed by atoms with Gasteiger partial charge in [-0.05, 0) is 18.6 Å². The Morgan fingerprint density at radius 2 is 2.00 bits per heavy atom. The molecule has 0 bridgehead atoms. The van der Waals surface area contributed by atoms with Gasteiger partial charge in [-0.1, -0.05) is 12.1 Å². The maximum Gasteiger partial charge on any atom is 0.246 e. The van der Waals surface area contributed by atoms with Crippen LogP contribution in [-0.2, 0) is 0 Å². The second kappa shape index (κ2) is 2.16. The maximum absolute atomic E-state index is 5.54. The van der Waals surface area contributed by atoms with Gasteiger partial charge in [0.1, 0.15) is 0 Å². The molecule has 0 atom stereocenters. The minimum absolute atomic E-state index is 0.546. The minimum Gasteiger partial charge on any atom is -0.449 e. The average molecular weight is 163 g/mol. The van der Waals surface area contributed by atoms with Crippen LogP contribution in [0.25, 0.3) is 0 Å². The number of ether oxygens (including phenoxy) is 2. The van der Waals surface area contributed by atoms with Gasteiger partial charge >= 0.3 is 0 Å². The highest BCUT2D eigenvalue weighted by Crippen LogP contribution is 2.40. The van der Waals surface area contributed by atoms with Gasteiger partial charge in [0.2, 0.25) is 5.79 Å². The van der Waals surface area contributed by atoms with Crippen molar-refractivity contribution in [3.8, 4) is 11.5 Å². The fraction of sp³-hybridized carbons (Fsp3) is 0.300. The normalized spacial score (nSPS) is 17.9. The third-order valence-electron chi connectivity index (χ3n) is 1.76. The number of hydrogen-bond donors (Lipinski definition) is 0. The molecular weight excluding hydrogens is 152 g/mol. The molecule has 2 nitrogen and oxygen atoms in total. The lowest BCUT2D eigenvalue weighted by molar-refractivity contribution is -0.0433. The second-order valence-corrected chi connectivity index (χ2v) is 3.35. The summed E-state index contributed by atoms with van der Waals surface area (Å²) in [6.45, 7) is 7.62. The van der Waals surface area contributed by atoms with Crippen molar-refractivity contribution in [1.29, 1.82) is 0 Å². The molecule has 0 saturated carbocycles. The Morgan fingerprint density at radius 3 is 2.67 bits per heavy atom. The molecule has 0 amide bonds. The van der Waals surface area contributed by atoms with Gasteiger partial charge in [-0.25, -0.2) is 0 Å². The van der Waals surface area contributed by atoms with Gasteiger partial charge in [0.05, 0.1) is 0 Å². The van der Waals surface area contributed by atoms with Gasteiger partial charge in [0, 0.05) is 13.8 Å². The minimum atomic E-state index is -0.546. The third-order valence-corrected chi connectivity index (χ3v) is 1.76. The molecule has 1 aromatic carbocycles. The van der Waals surface area contributed by atoms with Gasteiger partial charge < -0.3 is 9.47 Å². The summed E-state index contributed by atoms with van der Waals surface area (Å²) < 4.78 is 11.1. The molecule has 63 valence electrons. The van der Waals surface area contributed by atoms with Gasteiger partial charge in [-0.3, -0.25) is 0 Å². The van der Waals surface area contributed by atoms with Crippen LogP contribution in [-0.4, -0.2) is 5.79 Å². The Morgan fingerprint density at radius 1 is 1.25 bits per heavy atom. The van der Waals surface area contributed by atoms with Crippen LogP contribution < -0.4 is 9.47 Å². The zero-order chi connectivity index (χ0) is 8.77. The topological polar surface area (TPSA) is 18.5 Å². The van der Waals surface area contributed by atoms with Crippen molar-refractivity contribution < 1.29 is 9.47 Å². The van der Waals surface area contributed by atoms with Crippen molar-refractivity contribution >= 4 is 0 Å². The van der Waals surface area contributed by atoms with Crippen LogP contribution in [0.4, 0.5) is 0 Å². The first-order chi connectivity index (χ1) is 5.58. The van der Waals surface area contributed by atoms with E-state index in [0.717, 1.165) is 17.1 Å². The van der Waals surface area contributed by atoms with Crippen molar-refractivity contribution in [1.82, 2.24) is 0 Å². The van der Waals surface area contributed by atoms with E-state index >= 15 is 0 Å².